The Morgan fingerprint density at radius 2 is 1.84 bits per heavy atom. The smallest absolute Gasteiger partial charge is 0.137 e. The molecule has 0 aromatic heterocycles. The first-order valence-electron chi connectivity index (χ1n) is 9.66. The van der Waals surface area contributed by atoms with Crippen LogP contribution in [0.3, 0.4) is 0 Å². The van der Waals surface area contributed by atoms with Crippen molar-refractivity contribution in [3.05, 3.63) is 34.3 Å². The monoisotopic (exact) mass is 363 g/mol. The van der Waals surface area contributed by atoms with Crippen molar-refractivity contribution in [3.8, 4) is 0 Å². The van der Waals surface area contributed by atoms with Crippen molar-refractivity contribution in [2.24, 2.45) is 11.8 Å². The summed E-state index contributed by atoms with van der Waals surface area (Å²) in [6.45, 7) is 6.19. The number of hydrogen-bond acceptors (Lipinski definition) is 3. The van der Waals surface area contributed by atoms with Crippen LogP contribution in [0, 0.1) is 11.8 Å². The number of Topliss-reactive ketones (excluding diaryl/α,β-unsaturated/α-hetero) is 1. The Hall–Kier alpha value is -0.900. The maximum Gasteiger partial charge on any atom is 0.137 e. The fraction of sp³-hybridized carbons (Fsp3) is 0.667. The minimum Gasteiger partial charge on any atom is -0.393 e. The first-order chi connectivity index (χ1) is 11.9. The molecule has 1 aromatic carbocycles. The molecule has 0 saturated heterocycles. The highest BCUT2D eigenvalue weighted by Crippen LogP contribution is 2.37. The van der Waals surface area contributed by atoms with Gasteiger partial charge < -0.3 is 10.0 Å². The van der Waals surface area contributed by atoms with Gasteiger partial charge in [-0.15, -0.1) is 0 Å². The lowest BCUT2D eigenvalue weighted by atomic mass is 9.70. The van der Waals surface area contributed by atoms with E-state index < -0.39 is 0 Å². The zero-order valence-electron chi connectivity index (χ0n) is 15.4. The van der Waals surface area contributed by atoms with Crippen molar-refractivity contribution in [3.63, 3.8) is 0 Å². The molecule has 25 heavy (non-hydrogen) atoms. The van der Waals surface area contributed by atoms with Crippen LogP contribution < -0.4 is 0 Å². The molecule has 0 spiro atoms. The van der Waals surface area contributed by atoms with Gasteiger partial charge in [0.05, 0.1) is 6.10 Å². The Kier molecular flexibility index (Phi) is 6.19. The maximum atomic E-state index is 12.9. The number of halogens is 1. The van der Waals surface area contributed by atoms with E-state index in [2.05, 4.69) is 30.9 Å². The number of fused-ring (bicyclic) bond motifs is 1. The first-order valence-corrected chi connectivity index (χ1v) is 10.0. The molecule has 1 unspecified atom stereocenters. The molecule has 1 heterocycles. The van der Waals surface area contributed by atoms with Gasteiger partial charge in [-0.1, -0.05) is 17.7 Å². The molecule has 2 aliphatic rings. The fourth-order valence-corrected chi connectivity index (χ4v) is 4.53. The van der Waals surface area contributed by atoms with Crippen LogP contribution in [-0.2, 0) is 17.6 Å². The molecule has 1 aliphatic heterocycles. The van der Waals surface area contributed by atoms with E-state index in [1.54, 1.807) is 0 Å². The SMILES string of the molecule is CC(C)N1CCC(=O)C(C2CC(O)C2)CCc2ccc(Cl)cc2CC1. The van der Waals surface area contributed by atoms with Crippen molar-refractivity contribution >= 4 is 17.4 Å². The number of rotatable bonds is 2. The molecule has 0 amide bonds. The number of hydrogen-bond donors (Lipinski definition) is 1. The second-order valence-electron chi connectivity index (χ2n) is 8.04. The van der Waals surface area contributed by atoms with Crippen LogP contribution in [0.4, 0.5) is 0 Å². The lowest BCUT2D eigenvalue weighted by Gasteiger charge is -2.37. The second kappa shape index (κ2) is 8.20. The van der Waals surface area contributed by atoms with Gasteiger partial charge in [0.2, 0.25) is 0 Å². The lowest BCUT2D eigenvalue weighted by molar-refractivity contribution is -0.128. The van der Waals surface area contributed by atoms with Crippen LogP contribution in [0.25, 0.3) is 0 Å². The summed E-state index contributed by atoms with van der Waals surface area (Å²) in [4.78, 5) is 15.3. The van der Waals surface area contributed by atoms with Gasteiger partial charge in [0.15, 0.2) is 0 Å². The van der Waals surface area contributed by atoms with Gasteiger partial charge in [0.25, 0.3) is 0 Å². The molecule has 1 fully saturated rings. The third-order valence-electron chi connectivity index (χ3n) is 6.07. The fourth-order valence-electron chi connectivity index (χ4n) is 4.33. The van der Waals surface area contributed by atoms with Crippen molar-refractivity contribution in [1.82, 2.24) is 4.90 Å². The number of carbonyl (C=O) groups is 1. The van der Waals surface area contributed by atoms with Gasteiger partial charge >= 0.3 is 0 Å². The van der Waals surface area contributed by atoms with Gasteiger partial charge in [-0.05, 0) is 75.1 Å². The van der Waals surface area contributed by atoms with E-state index >= 15 is 0 Å². The van der Waals surface area contributed by atoms with Gasteiger partial charge in [-0.3, -0.25) is 4.79 Å². The van der Waals surface area contributed by atoms with Crippen molar-refractivity contribution < 1.29 is 9.90 Å². The number of aryl methyl sites for hydroxylation is 1. The van der Waals surface area contributed by atoms with E-state index in [0.717, 1.165) is 50.2 Å². The molecule has 0 bridgehead atoms. The molecule has 3 rings (SSSR count). The third kappa shape index (κ3) is 4.64. The van der Waals surface area contributed by atoms with E-state index in [1.165, 1.54) is 11.1 Å². The Balaban J connectivity index is 1.83. The number of carbonyl (C=O) groups excluding carboxylic acids is 1. The van der Waals surface area contributed by atoms with Gasteiger partial charge in [-0.2, -0.15) is 0 Å². The third-order valence-corrected chi connectivity index (χ3v) is 6.30. The highest BCUT2D eigenvalue weighted by Gasteiger charge is 2.37. The second-order valence-corrected chi connectivity index (χ2v) is 8.48. The number of benzene rings is 1. The average Bonchev–Trinajstić information content (AvgIpc) is 2.56. The summed E-state index contributed by atoms with van der Waals surface area (Å²) in [5.41, 5.74) is 2.65. The standard InChI is InChI=1S/C21H30ClNO2/c1-14(2)23-9-7-16-11-18(22)5-3-15(16)4-6-20(21(25)8-10-23)17-12-19(24)13-17/h3,5,11,14,17,19-20,24H,4,6-10,12-13H2,1-2H3. The van der Waals surface area contributed by atoms with Gasteiger partial charge in [0, 0.05) is 36.5 Å². The zero-order valence-corrected chi connectivity index (χ0v) is 16.1. The molecule has 1 saturated carbocycles. The zero-order chi connectivity index (χ0) is 18.0. The molecule has 3 nitrogen and oxygen atoms in total. The van der Waals surface area contributed by atoms with E-state index in [9.17, 15) is 9.90 Å². The van der Waals surface area contributed by atoms with E-state index in [-0.39, 0.29) is 12.0 Å². The van der Waals surface area contributed by atoms with Crippen LogP contribution in [-0.4, -0.2) is 41.0 Å². The molecule has 1 atom stereocenters. The quantitative estimate of drug-likeness (QED) is 0.866. The molecular weight excluding hydrogens is 334 g/mol. The summed E-state index contributed by atoms with van der Waals surface area (Å²) in [7, 11) is 0. The molecular formula is C21H30ClNO2. The van der Waals surface area contributed by atoms with Crippen LogP contribution in [0.15, 0.2) is 18.2 Å². The summed E-state index contributed by atoms with van der Waals surface area (Å²) in [5, 5.41) is 10.5. The molecule has 0 radical (unpaired) electrons. The Bertz CT molecular complexity index is 610. The van der Waals surface area contributed by atoms with Gasteiger partial charge in [0.1, 0.15) is 5.78 Å². The Labute approximate surface area is 156 Å². The predicted molar refractivity (Wildman–Crippen MR) is 102 cm³/mol. The molecule has 1 N–H and O–H groups in total. The minimum atomic E-state index is -0.200. The number of aliphatic hydroxyl groups excluding tert-OH is 1. The van der Waals surface area contributed by atoms with Crippen molar-refractivity contribution in [2.75, 3.05) is 13.1 Å². The molecule has 4 heteroatoms. The summed E-state index contributed by atoms with van der Waals surface area (Å²) >= 11 is 6.23. The Morgan fingerprint density at radius 1 is 1.12 bits per heavy atom. The number of aliphatic hydroxyl groups is 1. The van der Waals surface area contributed by atoms with E-state index in [1.807, 2.05) is 6.07 Å². The highest BCUT2D eigenvalue weighted by molar-refractivity contribution is 6.30. The van der Waals surface area contributed by atoms with E-state index in [4.69, 9.17) is 11.6 Å². The molecule has 138 valence electrons. The average molecular weight is 364 g/mol. The Morgan fingerprint density at radius 3 is 2.52 bits per heavy atom. The highest BCUT2D eigenvalue weighted by atomic mass is 35.5. The van der Waals surface area contributed by atoms with Crippen LogP contribution in [0.1, 0.15) is 50.7 Å². The lowest BCUT2D eigenvalue weighted by Crippen LogP contribution is -2.39. The predicted octanol–water partition coefficient (Wildman–Crippen LogP) is 3.89. The first kappa shape index (κ1) is 18.9. The summed E-state index contributed by atoms with van der Waals surface area (Å²) in [6.07, 6.45) is 4.81. The minimum absolute atomic E-state index is 0.0963. The topological polar surface area (TPSA) is 40.5 Å². The van der Waals surface area contributed by atoms with E-state index in [0.29, 0.717) is 24.2 Å². The summed E-state index contributed by atoms with van der Waals surface area (Å²) < 4.78 is 0. The normalized spacial score (nSPS) is 29.0. The summed E-state index contributed by atoms with van der Waals surface area (Å²) in [6, 6.07) is 6.62. The summed E-state index contributed by atoms with van der Waals surface area (Å²) in [5.74, 6) is 0.852. The molecule has 1 aliphatic carbocycles. The number of nitrogens with zero attached hydrogens (tertiary/aromatic N) is 1. The van der Waals surface area contributed by atoms with Crippen LogP contribution >= 0.6 is 11.6 Å². The van der Waals surface area contributed by atoms with Crippen LogP contribution in [0.5, 0.6) is 0 Å². The van der Waals surface area contributed by atoms with Gasteiger partial charge in [-0.25, -0.2) is 0 Å². The largest absolute Gasteiger partial charge is 0.393 e. The molecule has 1 aromatic rings. The van der Waals surface area contributed by atoms with Crippen molar-refractivity contribution in [1.29, 1.82) is 0 Å². The van der Waals surface area contributed by atoms with Crippen molar-refractivity contribution in [2.45, 2.75) is 64.5 Å². The number of ketones is 1. The van der Waals surface area contributed by atoms with Crippen LogP contribution in [0.2, 0.25) is 5.02 Å². The maximum absolute atomic E-state index is 12.9.